The van der Waals surface area contributed by atoms with Crippen LogP contribution in [0.1, 0.15) is 18.1 Å². The first-order chi connectivity index (χ1) is 12.8. The van der Waals surface area contributed by atoms with E-state index >= 15 is 0 Å². The Morgan fingerprint density at radius 3 is 2.37 bits per heavy atom. The maximum absolute atomic E-state index is 12.7. The van der Waals surface area contributed by atoms with Gasteiger partial charge in [0.2, 0.25) is 5.91 Å². The van der Waals surface area contributed by atoms with E-state index in [1.54, 1.807) is 18.7 Å². The first kappa shape index (κ1) is 18.6. The van der Waals surface area contributed by atoms with Crippen molar-refractivity contribution in [3.63, 3.8) is 0 Å². The zero-order chi connectivity index (χ0) is 19.7. The summed E-state index contributed by atoms with van der Waals surface area (Å²) in [4.78, 5) is 43.4. The van der Waals surface area contributed by atoms with Gasteiger partial charge in [0.05, 0.1) is 6.33 Å². The fourth-order valence-electron chi connectivity index (χ4n) is 3.03. The maximum Gasteiger partial charge on any atom is 0.332 e. The summed E-state index contributed by atoms with van der Waals surface area (Å²) in [7, 11) is 4.88. The van der Waals surface area contributed by atoms with Gasteiger partial charge in [0, 0.05) is 27.7 Å². The van der Waals surface area contributed by atoms with E-state index in [9.17, 15) is 14.4 Å². The largest absolute Gasteiger partial charge is 0.340 e. The number of fused-ring (bicyclic) bond motifs is 1. The van der Waals surface area contributed by atoms with Crippen LogP contribution in [0.15, 0.2) is 40.2 Å². The first-order valence-corrected chi connectivity index (χ1v) is 8.76. The number of nitrogens with zero attached hydrogens (tertiary/aromatic N) is 5. The van der Waals surface area contributed by atoms with E-state index in [2.05, 4.69) is 11.9 Å². The Labute approximate surface area is 156 Å². The minimum Gasteiger partial charge on any atom is -0.340 e. The molecule has 0 bridgehead atoms. The van der Waals surface area contributed by atoms with Gasteiger partial charge in [0.1, 0.15) is 6.54 Å². The van der Waals surface area contributed by atoms with E-state index in [0.717, 1.165) is 16.6 Å². The third-order valence-corrected chi connectivity index (χ3v) is 4.77. The summed E-state index contributed by atoms with van der Waals surface area (Å²) in [6, 6.07) is 8.03. The second-order valence-electron chi connectivity index (χ2n) is 6.68. The Morgan fingerprint density at radius 2 is 1.74 bits per heavy atom. The van der Waals surface area contributed by atoms with Crippen LogP contribution in [-0.2, 0) is 38.4 Å². The number of aromatic nitrogens is 4. The molecule has 142 valence electrons. The highest BCUT2D eigenvalue weighted by Crippen LogP contribution is 2.08. The van der Waals surface area contributed by atoms with E-state index < -0.39 is 11.2 Å². The molecule has 3 aromatic rings. The number of hydrogen-bond acceptors (Lipinski definition) is 4. The number of amides is 1. The van der Waals surface area contributed by atoms with Crippen molar-refractivity contribution in [1.29, 1.82) is 0 Å². The Bertz CT molecular complexity index is 1110. The summed E-state index contributed by atoms with van der Waals surface area (Å²) >= 11 is 0. The second-order valence-corrected chi connectivity index (χ2v) is 6.68. The monoisotopic (exact) mass is 369 g/mol. The summed E-state index contributed by atoms with van der Waals surface area (Å²) in [6.07, 6.45) is 2.43. The molecular weight excluding hydrogens is 346 g/mol. The van der Waals surface area contributed by atoms with E-state index in [0.29, 0.717) is 17.7 Å². The topological polar surface area (TPSA) is 82.1 Å². The average Bonchev–Trinajstić information content (AvgIpc) is 3.05. The molecule has 0 spiro atoms. The SMILES string of the molecule is CCc1ccc(CN(C)C(=O)Cn2c(=O)c3c(ncn3C)n(C)c2=O)cc1. The minimum absolute atomic E-state index is 0.294. The van der Waals surface area contributed by atoms with Crippen LogP contribution in [0.3, 0.4) is 0 Å². The zero-order valence-corrected chi connectivity index (χ0v) is 16.0. The van der Waals surface area contributed by atoms with Crippen molar-refractivity contribution >= 4 is 17.1 Å². The Hall–Kier alpha value is -3.16. The third kappa shape index (κ3) is 3.42. The lowest BCUT2D eigenvalue weighted by Gasteiger charge is -2.18. The van der Waals surface area contributed by atoms with E-state index in [1.165, 1.54) is 28.4 Å². The highest BCUT2D eigenvalue weighted by molar-refractivity contribution is 5.76. The van der Waals surface area contributed by atoms with E-state index in [-0.39, 0.29) is 12.5 Å². The molecule has 1 aromatic carbocycles. The van der Waals surface area contributed by atoms with Gasteiger partial charge in [-0.3, -0.25) is 14.2 Å². The van der Waals surface area contributed by atoms with Gasteiger partial charge in [-0.1, -0.05) is 31.2 Å². The molecule has 8 heteroatoms. The van der Waals surface area contributed by atoms with Gasteiger partial charge in [-0.25, -0.2) is 14.3 Å². The Kier molecular flexibility index (Phi) is 4.98. The molecule has 3 rings (SSSR count). The number of likely N-dealkylation sites (N-methyl/N-ethyl adjacent to an activating group) is 1. The highest BCUT2D eigenvalue weighted by atomic mass is 16.2. The lowest BCUT2D eigenvalue weighted by molar-refractivity contribution is -0.131. The summed E-state index contributed by atoms with van der Waals surface area (Å²) in [5.74, 6) is -0.310. The van der Waals surface area contributed by atoms with Crippen LogP contribution in [0.4, 0.5) is 0 Å². The summed E-state index contributed by atoms with van der Waals surface area (Å²) in [6.45, 7) is 2.18. The fraction of sp³-hybridized carbons (Fsp3) is 0.368. The van der Waals surface area contributed by atoms with Crippen molar-refractivity contribution in [3.8, 4) is 0 Å². The lowest BCUT2D eigenvalue weighted by atomic mass is 10.1. The molecule has 0 atom stereocenters. The Morgan fingerprint density at radius 1 is 1.11 bits per heavy atom. The van der Waals surface area contributed by atoms with Gasteiger partial charge in [-0.05, 0) is 17.5 Å². The molecule has 1 amide bonds. The predicted octanol–water partition coefficient (Wildman–Crippen LogP) is 0.655. The number of benzene rings is 1. The molecule has 0 aliphatic rings. The summed E-state index contributed by atoms with van der Waals surface area (Å²) in [5, 5.41) is 0. The van der Waals surface area contributed by atoms with Gasteiger partial charge in [-0.15, -0.1) is 0 Å². The van der Waals surface area contributed by atoms with Gasteiger partial charge >= 0.3 is 5.69 Å². The predicted molar refractivity (Wildman–Crippen MR) is 103 cm³/mol. The lowest BCUT2D eigenvalue weighted by Crippen LogP contribution is -2.43. The normalized spacial score (nSPS) is 11.1. The van der Waals surface area contributed by atoms with Crippen molar-refractivity contribution in [2.75, 3.05) is 7.05 Å². The molecule has 0 radical (unpaired) electrons. The zero-order valence-electron chi connectivity index (χ0n) is 16.0. The van der Waals surface area contributed by atoms with Crippen LogP contribution in [0.5, 0.6) is 0 Å². The van der Waals surface area contributed by atoms with Crippen molar-refractivity contribution in [2.45, 2.75) is 26.4 Å². The van der Waals surface area contributed by atoms with Gasteiger partial charge in [0.15, 0.2) is 11.2 Å². The number of aryl methyl sites for hydroxylation is 3. The third-order valence-electron chi connectivity index (χ3n) is 4.77. The molecule has 0 saturated carbocycles. The quantitative estimate of drug-likeness (QED) is 0.661. The summed E-state index contributed by atoms with van der Waals surface area (Å²) < 4.78 is 3.80. The number of hydrogen-bond donors (Lipinski definition) is 0. The van der Waals surface area contributed by atoms with Crippen molar-refractivity contribution < 1.29 is 4.79 Å². The van der Waals surface area contributed by atoms with Crippen molar-refractivity contribution in [2.24, 2.45) is 14.1 Å². The second kappa shape index (κ2) is 7.22. The van der Waals surface area contributed by atoms with E-state index in [4.69, 9.17) is 0 Å². The number of carbonyl (C=O) groups is 1. The molecule has 2 heterocycles. The highest BCUT2D eigenvalue weighted by Gasteiger charge is 2.18. The maximum atomic E-state index is 12.7. The molecular formula is C19H23N5O3. The van der Waals surface area contributed by atoms with Gasteiger partial charge in [-0.2, -0.15) is 0 Å². The fourth-order valence-corrected chi connectivity index (χ4v) is 3.03. The van der Waals surface area contributed by atoms with Crippen molar-refractivity contribution in [1.82, 2.24) is 23.6 Å². The molecule has 0 N–H and O–H groups in total. The van der Waals surface area contributed by atoms with Crippen LogP contribution in [0.2, 0.25) is 0 Å². The molecule has 0 fully saturated rings. The molecule has 0 saturated heterocycles. The van der Waals surface area contributed by atoms with Gasteiger partial charge < -0.3 is 9.47 Å². The molecule has 0 aliphatic carbocycles. The van der Waals surface area contributed by atoms with Crippen LogP contribution >= 0.6 is 0 Å². The first-order valence-electron chi connectivity index (χ1n) is 8.76. The minimum atomic E-state index is -0.555. The molecule has 0 unspecified atom stereocenters. The smallest absolute Gasteiger partial charge is 0.332 e. The molecule has 0 aliphatic heterocycles. The van der Waals surface area contributed by atoms with Crippen LogP contribution in [0, 0.1) is 0 Å². The van der Waals surface area contributed by atoms with E-state index in [1.807, 2.05) is 24.3 Å². The van der Waals surface area contributed by atoms with Crippen LogP contribution in [-0.4, -0.2) is 36.5 Å². The van der Waals surface area contributed by atoms with Crippen LogP contribution < -0.4 is 11.2 Å². The molecule has 2 aromatic heterocycles. The number of imidazole rings is 1. The van der Waals surface area contributed by atoms with Crippen molar-refractivity contribution in [3.05, 3.63) is 62.6 Å². The van der Waals surface area contributed by atoms with Crippen LogP contribution in [0.25, 0.3) is 11.2 Å². The molecule has 8 nitrogen and oxygen atoms in total. The average molecular weight is 369 g/mol. The molecule has 27 heavy (non-hydrogen) atoms. The van der Waals surface area contributed by atoms with Gasteiger partial charge in [0.25, 0.3) is 5.56 Å². The summed E-state index contributed by atoms with van der Waals surface area (Å²) in [5.41, 5.74) is 1.75. The number of carbonyl (C=O) groups excluding carboxylic acids is 1. The Balaban J connectivity index is 1.86. The standard InChI is InChI=1S/C19H23N5O3/c1-5-13-6-8-14(9-7-13)10-21(2)15(25)11-24-18(26)16-17(20-12-22(16)3)23(4)19(24)27/h6-9,12H,5,10-11H2,1-4H3. The number of rotatable bonds is 5.